The number of hydrogen-bond acceptors (Lipinski definition) is 3. The summed E-state index contributed by atoms with van der Waals surface area (Å²) in [5, 5.41) is 0. The zero-order chi connectivity index (χ0) is 17.5. The highest BCUT2D eigenvalue weighted by Gasteiger charge is 2.22. The highest BCUT2D eigenvalue weighted by Crippen LogP contribution is 2.10. The van der Waals surface area contributed by atoms with Crippen LogP contribution in [0.1, 0.15) is 24.8 Å². The summed E-state index contributed by atoms with van der Waals surface area (Å²) in [6.07, 6.45) is 7.72. The van der Waals surface area contributed by atoms with Crippen LogP contribution in [0.2, 0.25) is 0 Å². The highest BCUT2D eigenvalue weighted by atomic mass is 19.1. The Kier molecular flexibility index (Phi) is 6.59. The number of carbonyl (C=O) groups is 1. The zero-order valence-corrected chi connectivity index (χ0v) is 14.9. The molecule has 5 heteroatoms. The lowest BCUT2D eigenvalue weighted by molar-refractivity contribution is -0.133. The van der Waals surface area contributed by atoms with Crippen molar-refractivity contribution < 1.29 is 9.18 Å². The first-order chi connectivity index (χ1) is 12.2. The standard InChI is InChI=1S/C20H28FN3O/c21-19-8-6-18(7-9-19)5-4-10-22-13-15-23(16-14-22)17-20(25)24-11-2-1-3-12-24/h4-9H,1-3,10-17H2. The van der Waals surface area contributed by atoms with E-state index in [1.807, 2.05) is 11.0 Å². The van der Waals surface area contributed by atoms with Gasteiger partial charge < -0.3 is 4.90 Å². The summed E-state index contributed by atoms with van der Waals surface area (Å²) in [4.78, 5) is 19.0. The maximum atomic E-state index is 12.9. The summed E-state index contributed by atoms with van der Waals surface area (Å²) < 4.78 is 12.9. The molecule has 2 fully saturated rings. The van der Waals surface area contributed by atoms with Gasteiger partial charge in [-0.15, -0.1) is 0 Å². The summed E-state index contributed by atoms with van der Waals surface area (Å²) in [6.45, 7) is 7.21. The quantitative estimate of drug-likeness (QED) is 0.820. The third-order valence-corrected chi connectivity index (χ3v) is 5.08. The van der Waals surface area contributed by atoms with Gasteiger partial charge in [0, 0.05) is 45.8 Å². The predicted molar refractivity (Wildman–Crippen MR) is 98.7 cm³/mol. The molecule has 0 spiro atoms. The monoisotopic (exact) mass is 345 g/mol. The Morgan fingerprint density at radius 3 is 2.24 bits per heavy atom. The third-order valence-electron chi connectivity index (χ3n) is 5.08. The van der Waals surface area contributed by atoms with Crippen LogP contribution in [0.4, 0.5) is 4.39 Å². The fourth-order valence-corrected chi connectivity index (χ4v) is 3.48. The van der Waals surface area contributed by atoms with Crippen LogP contribution in [0.5, 0.6) is 0 Å². The van der Waals surface area contributed by atoms with Crippen molar-refractivity contribution in [1.29, 1.82) is 0 Å². The molecule has 1 amide bonds. The molecule has 0 saturated carbocycles. The molecule has 2 aliphatic heterocycles. The van der Waals surface area contributed by atoms with E-state index in [2.05, 4.69) is 15.9 Å². The van der Waals surface area contributed by atoms with Crippen molar-refractivity contribution in [2.45, 2.75) is 19.3 Å². The average molecular weight is 345 g/mol. The summed E-state index contributed by atoms with van der Waals surface area (Å²) in [6, 6.07) is 6.54. The van der Waals surface area contributed by atoms with Gasteiger partial charge >= 0.3 is 0 Å². The van der Waals surface area contributed by atoms with Gasteiger partial charge in [-0.25, -0.2) is 4.39 Å². The molecule has 3 rings (SSSR count). The third kappa shape index (κ3) is 5.65. The number of hydrogen-bond donors (Lipinski definition) is 0. The molecule has 0 atom stereocenters. The van der Waals surface area contributed by atoms with E-state index in [4.69, 9.17) is 0 Å². The molecule has 1 aromatic rings. The van der Waals surface area contributed by atoms with E-state index in [1.165, 1.54) is 18.6 Å². The van der Waals surface area contributed by atoms with Crippen LogP contribution < -0.4 is 0 Å². The van der Waals surface area contributed by atoms with Gasteiger partial charge in [-0.2, -0.15) is 0 Å². The molecule has 0 bridgehead atoms. The fraction of sp³-hybridized carbons (Fsp3) is 0.550. The fourth-order valence-electron chi connectivity index (χ4n) is 3.48. The molecule has 0 radical (unpaired) electrons. The van der Waals surface area contributed by atoms with Crippen LogP contribution in [0.25, 0.3) is 6.08 Å². The zero-order valence-electron chi connectivity index (χ0n) is 14.9. The van der Waals surface area contributed by atoms with Gasteiger partial charge in [0.25, 0.3) is 0 Å². The van der Waals surface area contributed by atoms with Gasteiger partial charge in [-0.05, 0) is 37.0 Å². The van der Waals surface area contributed by atoms with E-state index in [0.717, 1.165) is 64.2 Å². The molecule has 2 saturated heterocycles. The van der Waals surface area contributed by atoms with Crippen molar-refractivity contribution in [3.63, 3.8) is 0 Å². The van der Waals surface area contributed by atoms with E-state index in [-0.39, 0.29) is 5.82 Å². The topological polar surface area (TPSA) is 26.8 Å². The molecule has 0 aliphatic carbocycles. The second-order valence-corrected chi connectivity index (χ2v) is 6.97. The first-order valence-electron chi connectivity index (χ1n) is 9.35. The molecule has 0 unspecified atom stereocenters. The van der Waals surface area contributed by atoms with E-state index < -0.39 is 0 Å². The van der Waals surface area contributed by atoms with Crippen molar-refractivity contribution in [1.82, 2.24) is 14.7 Å². The molecule has 4 nitrogen and oxygen atoms in total. The first kappa shape index (κ1) is 18.1. The van der Waals surface area contributed by atoms with Gasteiger partial charge in [0.15, 0.2) is 0 Å². The lowest BCUT2D eigenvalue weighted by Gasteiger charge is -2.35. The Hall–Kier alpha value is -1.72. The molecule has 0 aromatic heterocycles. The van der Waals surface area contributed by atoms with Crippen LogP contribution >= 0.6 is 0 Å². The van der Waals surface area contributed by atoms with Crippen molar-refractivity contribution in [3.8, 4) is 0 Å². The average Bonchev–Trinajstić information content (AvgIpc) is 2.65. The van der Waals surface area contributed by atoms with Crippen LogP contribution in [0.3, 0.4) is 0 Å². The van der Waals surface area contributed by atoms with Crippen LogP contribution in [-0.4, -0.2) is 73.0 Å². The van der Waals surface area contributed by atoms with Crippen molar-refractivity contribution >= 4 is 12.0 Å². The maximum Gasteiger partial charge on any atom is 0.236 e. The van der Waals surface area contributed by atoms with E-state index >= 15 is 0 Å². The molecular weight excluding hydrogens is 317 g/mol. The lowest BCUT2D eigenvalue weighted by atomic mass is 10.1. The number of piperazine rings is 1. The number of halogens is 1. The number of likely N-dealkylation sites (tertiary alicyclic amines) is 1. The van der Waals surface area contributed by atoms with Crippen molar-refractivity contribution in [2.75, 3.05) is 52.4 Å². The number of rotatable bonds is 5. The largest absolute Gasteiger partial charge is 0.342 e. The van der Waals surface area contributed by atoms with E-state index in [0.29, 0.717) is 12.5 Å². The summed E-state index contributed by atoms with van der Waals surface area (Å²) in [5.41, 5.74) is 1.02. The minimum Gasteiger partial charge on any atom is -0.342 e. The Bertz CT molecular complexity index is 573. The van der Waals surface area contributed by atoms with Crippen LogP contribution in [0, 0.1) is 5.82 Å². The maximum absolute atomic E-state index is 12.9. The Labute approximate surface area is 149 Å². The summed E-state index contributed by atoms with van der Waals surface area (Å²) in [7, 11) is 0. The van der Waals surface area contributed by atoms with Gasteiger partial charge in [0.05, 0.1) is 6.54 Å². The molecule has 25 heavy (non-hydrogen) atoms. The Balaban J connectivity index is 1.36. The summed E-state index contributed by atoms with van der Waals surface area (Å²) >= 11 is 0. The normalized spacial score (nSPS) is 20.3. The lowest BCUT2D eigenvalue weighted by Crippen LogP contribution is -2.50. The summed E-state index contributed by atoms with van der Waals surface area (Å²) in [5.74, 6) is 0.0942. The Morgan fingerprint density at radius 2 is 1.56 bits per heavy atom. The molecule has 0 N–H and O–H groups in total. The number of piperidine rings is 1. The Morgan fingerprint density at radius 1 is 0.920 bits per heavy atom. The van der Waals surface area contributed by atoms with Crippen LogP contribution in [0.15, 0.2) is 30.3 Å². The second-order valence-electron chi connectivity index (χ2n) is 6.97. The molecule has 1 aromatic carbocycles. The number of carbonyl (C=O) groups excluding carboxylic acids is 1. The van der Waals surface area contributed by atoms with Gasteiger partial charge in [0.2, 0.25) is 5.91 Å². The second kappa shape index (κ2) is 9.11. The van der Waals surface area contributed by atoms with Crippen LogP contribution in [-0.2, 0) is 4.79 Å². The highest BCUT2D eigenvalue weighted by molar-refractivity contribution is 5.78. The number of benzene rings is 1. The van der Waals surface area contributed by atoms with Gasteiger partial charge in [-0.1, -0.05) is 24.3 Å². The molecule has 2 aliphatic rings. The predicted octanol–water partition coefficient (Wildman–Crippen LogP) is 2.47. The number of nitrogens with zero attached hydrogens (tertiary/aromatic N) is 3. The van der Waals surface area contributed by atoms with Gasteiger partial charge in [-0.3, -0.25) is 14.6 Å². The first-order valence-corrected chi connectivity index (χ1v) is 9.35. The minimum atomic E-state index is -0.202. The minimum absolute atomic E-state index is 0.202. The number of amides is 1. The van der Waals surface area contributed by atoms with E-state index in [1.54, 1.807) is 12.1 Å². The molecule has 136 valence electrons. The van der Waals surface area contributed by atoms with Crippen molar-refractivity contribution in [2.24, 2.45) is 0 Å². The SMILES string of the molecule is O=C(CN1CCN(CC=Cc2ccc(F)cc2)CC1)N1CCCCC1. The smallest absolute Gasteiger partial charge is 0.236 e. The van der Waals surface area contributed by atoms with Crippen molar-refractivity contribution in [3.05, 3.63) is 41.7 Å². The molecule has 2 heterocycles. The van der Waals surface area contributed by atoms with Gasteiger partial charge in [0.1, 0.15) is 5.82 Å². The van der Waals surface area contributed by atoms with E-state index in [9.17, 15) is 9.18 Å². The molecular formula is C20H28FN3O.